The van der Waals surface area contributed by atoms with Crippen molar-refractivity contribution in [2.45, 2.75) is 13.5 Å². The third kappa shape index (κ3) is 3.61. The molecular weight excluding hydrogens is 265 g/mol. The highest BCUT2D eigenvalue weighted by atomic mass is 35.5. The van der Waals surface area contributed by atoms with Gasteiger partial charge in [0.1, 0.15) is 11.6 Å². The van der Waals surface area contributed by atoms with Crippen molar-refractivity contribution in [3.63, 3.8) is 0 Å². The van der Waals surface area contributed by atoms with E-state index in [2.05, 4.69) is 5.32 Å². The summed E-state index contributed by atoms with van der Waals surface area (Å²) in [5, 5.41) is 3.55. The van der Waals surface area contributed by atoms with Crippen LogP contribution in [-0.2, 0) is 6.54 Å². The first-order valence-electron chi connectivity index (χ1n) is 6.10. The van der Waals surface area contributed by atoms with E-state index in [1.165, 1.54) is 12.1 Å². The summed E-state index contributed by atoms with van der Waals surface area (Å²) in [5.74, 6) is 0.501. The van der Waals surface area contributed by atoms with Gasteiger partial charge in [0.05, 0.1) is 17.3 Å². The Morgan fingerprint density at radius 3 is 2.74 bits per heavy atom. The summed E-state index contributed by atoms with van der Waals surface area (Å²) in [6.07, 6.45) is 0. The average Bonchev–Trinajstić information content (AvgIpc) is 2.40. The van der Waals surface area contributed by atoms with E-state index in [-0.39, 0.29) is 5.82 Å². The van der Waals surface area contributed by atoms with Crippen molar-refractivity contribution in [3.8, 4) is 5.75 Å². The molecule has 0 saturated heterocycles. The molecule has 0 atom stereocenters. The van der Waals surface area contributed by atoms with Crippen LogP contribution in [0.15, 0.2) is 42.5 Å². The maximum atomic E-state index is 12.9. The highest BCUT2D eigenvalue weighted by Crippen LogP contribution is 2.25. The topological polar surface area (TPSA) is 21.3 Å². The molecule has 0 amide bonds. The average molecular weight is 280 g/mol. The third-order valence-corrected chi connectivity index (χ3v) is 2.99. The second-order valence-electron chi connectivity index (χ2n) is 4.02. The fourth-order valence-corrected chi connectivity index (χ4v) is 2.00. The SMILES string of the molecule is CCOc1ccccc1CNc1ccc(F)cc1Cl. The predicted octanol–water partition coefficient (Wildman–Crippen LogP) is 4.49. The lowest BCUT2D eigenvalue weighted by Crippen LogP contribution is -2.03. The predicted molar refractivity (Wildman–Crippen MR) is 76.3 cm³/mol. The van der Waals surface area contributed by atoms with E-state index in [0.29, 0.717) is 23.9 Å². The largest absolute Gasteiger partial charge is 0.494 e. The summed E-state index contributed by atoms with van der Waals surface area (Å²) in [4.78, 5) is 0. The fraction of sp³-hybridized carbons (Fsp3) is 0.200. The molecule has 0 fully saturated rings. The Kier molecular flexibility index (Phi) is 4.63. The number of nitrogens with one attached hydrogen (secondary N) is 1. The molecule has 0 unspecified atom stereocenters. The van der Waals surface area contributed by atoms with Crippen molar-refractivity contribution < 1.29 is 9.13 Å². The number of anilines is 1. The summed E-state index contributed by atoms with van der Waals surface area (Å²) in [6.45, 7) is 3.14. The molecular formula is C15H15ClFNO. The monoisotopic (exact) mass is 279 g/mol. The van der Waals surface area contributed by atoms with Gasteiger partial charge in [-0.3, -0.25) is 0 Å². The van der Waals surface area contributed by atoms with Gasteiger partial charge in [0, 0.05) is 12.1 Å². The Morgan fingerprint density at radius 2 is 2.00 bits per heavy atom. The minimum Gasteiger partial charge on any atom is -0.494 e. The second kappa shape index (κ2) is 6.43. The molecule has 0 bridgehead atoms. The van der Waals surface area contributed by atoms with Crippen LogP contribution in [0.2, 0.25) is 5.02 Å². The lowest BCUT2D eigenvalue weighted by atomic mass is 10.2. The highest BCUT2D eigenvalue weighted by Gasteiger charge is 2.05. The van der Waals surface area contributed by atoms with Crippen LogP contribution >= 0.6 is 11.6 Å². The van der Waals surface area contributed by atoms with E-state index in [4.69, 9.17) is 16.3 Å². The summed E-state index contributed by atoms with van der Waals surface area (Å²) in [5.41, 5.74) is 1.74. The number of benzene rings is 2. The van der Waals surface area contributed by atoms with Crippen LogP contribution in [0, 0.1) is 5.82 Å². The van der Waals surface area contributed by atoms with Crippen LogP contribution < -0.4 is 10.1 Å². The normalized spacial score (nSPS) is 10.3. The van der Waals surface area contributed by atoms with Crippen molar-refractivity contribution in [2.24, 2.45) is 0 Å². The Bertz CT molecular complexity index is 560. The van der Waals surface area contributed by atoms with Crippen LogP contribution in [0.5, 0.6) is 5.75 Å². The lowest BCUT2D eigenvalue weighted by Gasteiger charge is -2.12. The zero-order valence-electron chi connectivity index (χ0n) is 10.6. The highest BCUT2D eigenvalue weighted by molar-refractivity contribution is 6.33. The molecule has 19 heavy (non-hydrogen) atoms. The molecule has 0 radical (unpaired) electrons. The number of hydrogen-bond donors (Lipinski definition) is 1. The summed E-state index contributed by atoms with van der Waals surface area (Å²) < 4.78 is 18.5. The molecule has 4 heteroatoms. The van der Waals surface area contributed by atoms with Gasteiger partial charge in [-0.1, -0.05) is 29.8 Å². The van der Waals surface area contributed by atoms with Crippen LogP contribution in [0.4, 0.5) is 10.1 Å². The maximum absolute atomic E-state index is 12.9. The molecule has 100 valence electrons. The van der Waals surface area contributed by atoms with Crippen molar-refractivity contribution in [1.82, 2.24) is 0 Å². The van der Waals surface area contributed by atoms with Crippen molar-refractivity contribution in [1.29, 1.82) is 0 Å². The molecule has 0 aliphatic carbocycles. The molecule has 0 heterocycles. The molecule has 2 aromatic rings. The Labute approximate surface area is 117 Å². The molecule has 1 N–H and O–H groups in total. The van der Waals surface area contributed by atoms with E-state index in [0.717, 1.165) is 11.3 Å². The zero-order valence-corrected chi connectivity index (χ0v) is 11.4. The first kappa shape index (κ1) is 13.7. The standard InChI is InChI=1S/C15H15ClFNO/c1-2-19-15-6-4-3-5-11(15)10-18-14-8-7-12(17)9-13(14)16/h3-9,18H,2,10H2,1H3. The van der Waals surface area contributed by atoms with E-state index in [1.807, 2.05) is 31.2 Å². The van der Waals surface area contributed by atoms with Crippen LogP contribution in [-0.4, -0.2) is 6.61 Å². The molecule has 0 aliphatic rings. The van der Waals surface area contributed by atoms with Crippen molar-refractivity contribution in [2.75, 3.05) is 11.9 Å². The molecule has 0 saturated carbocycles. The lowest BCUT2D eigenvalue weighted by molar-refractivity contribution is 0.337. The maximum Gasteiger partial charge on any atom is 0.124 e. The van der Waals surface area contributed by atoms with Crippen LogP contribution in [0.3, 0.4) is 0 Å². The number of halogens is 2. The zero-order chi connectivity index (χ0) is 13.7. The Hall–Kier alpha value is -1.74. The van der Waals surface area contributed by atoms with Crippen molar-refractivity contribution in [3.05, 3.63) is 58.9 Å². The number of para-hydroxylation sites is 1. The van der Waals surface area contributed by atoms with Gasteiger partial charge in [-0.15, -0.1) is 0 Å². The number of hydrogen-bond acceptors (Lipinski definition) is 2. The third-order valence-electron chi connectivity index (χ3n) is 2.67. The fourth-order valence-electron chi connectivity index (χ4n) is 1.77. The van der Waals surface area contributed by atoms with Gasteiger partial charge in [-0.25, -0.2) is 4.39 Å². The van der Waals surface area contributed by atoms with Gasteiger partial charge in [0.2, 0.25) is 0 Å². The van der Waals surface area contributed by atoms with E-state index >= 15 is 0 Å². The van der Waals surface area contributed by atoms with Gasteiger partial charge < -0.3 is 10.1 Å². The Morgan fingerprint density at radius 1 is 1.21 bits per heavy atom. The van der Waals surface area contributed by atoms with Crippen LogP contribution in [0.25, 0.3) is 0 Å². The minimum absolute atomic E-state index is 0.342. The Balaban J connectivity index is 2.10. The second-order valence-corrected chi connectivity index (χ2v) is 4.43. The number of ether oxygens (including phenoxy) is 1. The summed E-state index contributed by atoms with van der Waals surface area (Å²) >= 11 is 5.96. The molecule has 0 aromatic heterocycles. The van der Waals surface area contributed by atoms with E-state index in [1.54, 1.807) is 6.07 Å². The minimum atomic E-state index is -0.342. The molecule has 0 aliphatic heterocycles. The van der Waals surface area contributed by atoms with Crippen molar-refractivity contribution >= 4 is 17.3 Å². The van der Waals surface area contributed by atoms with E-state index in [9.17, 15) is 4.39 Å². The smallest absolute Gasteiger partial charge is 0.124 e. The van der Waals surface area contributed by atoms with Crippen LogP contribution in [0.1, 0.15) is 12.5 Å². The summed E-state index contributed by atoms with van der Waals surface area (Å²) in [6, 6.07) is 12.1. The molecule has 2 rings (SSSR count). The first-order chi connectivity index (χ1) is 9.20. The van der Waals surface area contributed by atoms with Gasteiger partial charge >= 0.3 is 0 Å². The van der Waals surface area contributed by atoms with Gasteiger partial charge in [0.15, 0.2) is 0 Å². The van der Waals surface area contributed by atoms with Gasteiger partial charge in [-0.2, -0.15) is 0 Å². The molecule has 2 aromatic carbocycles. The quantitative estimate of drug-likeness (QED) is 0.871. The number of rotatable bonds is 5. The molecule has 0 spiro atoms. The summed E-state index contributed by atoms with van der Waals surface area (Å²) in [7, 11) is 0. The first-order valence-corrected chi connectivity index (χ1v) is 6.48. The van der Waals surface area contributed by atoms with E-state index < -0.39 is 0 Å². The van der Waals surface area contributed by atoms with Gasteiger partial charge in [0.25, 0.3) is 0 Å². The molecule has 2 nitrogen and oxygen atoms in total. The van der Waals surface area contributed by atoms with Gasteiger partial charge in [-0.05, 0) is 31.2 Å².